The predicted molar refractivity (Wildman–Crippen MR) is 90.8 cm³/mol. The Morgan fingerprint density at radius 3 is 2.90 bits per heavy atom. The van der Waals surface area contributed by atoms with Gasteiger partial charge in [-0.3, -0.25) is 0 Å². The second kappa shape index (κ2) is 4.87. The van der Waals surface area contributed by atoms with Gasteiger partial charge in [-0.15, -0.1) is 11.3 Å². The number of nitrogen functional groups attached to an aromatic ring is 1. The van der Waals surface area contributed by atoms with E-state index in [-0.39, 0.29) is 0 Å². The Hall–Kier alpha value is -1.29. The van der Waals surface area contributed by atoms with Crippen LogP contribution in [0.4, 0.5) is 11.4 Å². The third-order valence-corrected chi connectivity index (χ3v) is 6.42. The number of hydrogen-bond donors (Lipinski definition) is 2. The van der Waals surface area contributed by atoms with E-state index in [0.29, 0.717) is 6.04 Å². The van der Waals surface area contributed by atoms with E-state index in [0.717, 1.165) is 39.7 Å². The molecule has 21 heavy (non-hydrogen) atoms. The number of anilines is 2. The Balaban J connectivity index is 1.57. The van der Waals surface area contributed by atoms with Crippen molar-refractivity contribution in [3.8, 4) is 0 Å². The maximum absolute atomic E-state index is 6.24. The molecule has 2 aliphatic rings. The minimum atomic E-state index is 0.500. The average molecular weight is 301 g/mol. The summed E-state index contributed by atoms with van der Waals surface area (Å²) in [5.41, 5.74) is 9.21. The van der Waals surface area contributed by atoms with Crippen molar-refractivity contribution < 1.29 is 0 Å². The summed E-state index contributed by atoms with van der Waals surface area (Å²) in [5, 5.41) is 4.78. The minimum Gasteiger partial charge on any atom is -0.397 e. The van der Waals surface area contributed by atoms with Crippen LogP contribution in [0.3, 0.4) is 0 Å². The zero-order chi connectivity index (χ0) is 14.6. The van der Waals surface area contributed by atoms with Gasteiger partial charge in [0.2, 0.25) is 0 Å². The lowest BCUT2D eigenvalue weighted by molar-refractivity contribution is 0.304. The second-order valence-electron chi connectivity index (χ2n) is 6.91. The summed E-state index contributed by atoms with van der Waals surface area (Å²) in [6.07, 6.45) is 5.74. The Labute approximate surface area is 130 Å². The average Bonchev–Trinajstić information content (AvgIpc) is 3.13. The molecule has 2 aliphatic carbocycles. The first kappa shape index (κ1) is 13.4. The molecule has 0 saturated heterocycles. The number of aryl methyl sites for hydroxylation is 1. The molecule has 112 valence electrons. The SMILES string of the molecule is Cc1nc2cc(NC(C)C3CC4CCC3C4)c(N)cc2s1. The van der Waals surface area contributed by atoms with Crippen molar-refractivity contribution in [1.29, 1.82) is 0 Å². The van der Waals surface area contributed by atoms with Crippen LogP contribution in [0.25, 0.3) is 10.2 Å². The number of aromatic nitrogens is 1. The van der Waals surface area contributed by atoms with Gasteiger partial charge >= 0.3 is 0 Å². The van der Waals surface area contributed by atoms with E-state index >= 15 is 0 Å². The van der Waals surface area contributed by atoms with E-state index < -0.39 is 0 Å². The van der Waals surface area contributed by atoms with Gasteiger partial charge in [-0.05, 0) is 63.0 Å². The summed E-state index contributed by atoms with van der Waals surface area (Å²) in [7, 11) is 0. The number of thiazole rings is 1. The van der Waals surface area contributed by atoms with Crippen molar-refractivity contribution >= 4 is 32.9 Å². The first-order chi connectivity index (χ1) is 10.1. The van der Waals surface area contributed by atoms with Crippen LogP contribution in [0.2, 0.25) is 0 Å². The van der Waals surface area contributed by atoms with Gasteiger partial charge in [0.05, 0.1) is 26.6 Å². The fourth-order valence-corrected chi connectivity index (χ4v) is 5.35. The van der Waals surface area contributed by atoms with Crippen molar-refractivity contribution in [2.24, 2.45) is 17.8 Å². The highest BCUT2D eigenvalue weighted by Gasteiger charge is 2.41. The molecule has 4 heteroatoms. The van der Waals surface area contributed by atoms with Crippen LogP contribution < -0.4 is 11.1 Å². The second-order valence-corrected chi connectivity index (χ2v) is 8.15. The van der Waals surface area contributed by atoms with Gasteiger partial charge in [-0.25, -0.2) is 4.98 Å². The molecule has 0 spiro atoms. The summed E-state index contributed by atoms with van der Waals surface area (Å²) in [5.74, 6) is 2.74. The lowest BCUT2D eigenvalue weighted by atomic mass is 9.84. The van der Waals surface area contributed by atoms with Crippen LogP contribution in [0.15, 0.2) is 12.1 Å². The highest BCUT2D eigenvalue weighted by Crippen LogP contribution is 2.50. The fourth-order valence-electron chi connectivity index (χ4n) is 4.49. The van der Waals surface area contributed by atoms with Gasteiger partial charge < -0.3 is 11.1 Å². The third-order valence-electron chi connectivity index (χ3n) is 5.48. The van der Waals surface area contributed by atoms with Crippen LogP contribution in [0.1, 0.15) is 37.6 Å². The first-order valence-electron chi connectivity index (χ1n) is 8.03. The van der Waals surface area contributed by atoms with Crippen LogP contribution in [0, 0.1) is 24.7 Å². The Kier molecular flexibility index (Phi) is 3.10. The van der Waals surface area contributed by atoms with Gasteiger partial charge in [0.15, 0.2) is 0 Å². The van der Waals surface area contributed by atoms with Gasteiger partial charge in [0, 0.05) is 6.04 Å². The standard InChI is InChI=1S/C17H23N3S/c1-9(13-6-11-3-4-12(13)5-11)19-15-8-16-17(7-14(15)18)21-10(2)20-16/h7-9,11-13,19H,3-6,18H2,1-2H3. The summed E-state index contributed by atoms with van der Waals surface area (Å²) in [4.78, 5) is 4.58. The van der Waals surface area contributed by atoms with Gasteiger partial charge in [-0.1, -0.05) is 6.42 Å². The Morgan fingerprint density at radius 1 is 1.33 bits per heavy atom. The molecule has 2 saturated carbocycles. The van der Waals surface area contributed by atoms with E-state index in [4.69, 9.17) is 5.73 Å². The van der Waals surface area contributed by atoms with E-state index in [1.807, 2.05) is 6.92 Å². The molecule has 4 rings (SSSR count). The van der Waals surface area contributed by atoms with Crippen molar-refractivity contribution in [2.45, 2.75) is 45.6 Å². The molecule has 0 radical (unpaired) electrons. The van der Waals surface area contributed by atoms with E-state index in [2.05, 4.69) is 29.4 Å². The summed E-state index contributed by atoms with van der Waals surface area (Å²) in [6.45, 7) is 4.37. The van der Waals surface area contributed by atoms with Crippen LogP contribution in [-0.4, -0.2) is 11.0 Å². The largest absolute Gasteiger partial charge is 0.397 e. The molecule has 4 atom stereocenters. The molecule has 1 heterocycles. The molecule has 1 aromatic heterocycles. The highest BCUT2D eigenvalue weighted by molar-refractivity contribution is 7.18. The molecule has 0 amide bonds. The zero-order valence-corrected chi connectivity index (χ0v) is 13.5. The molecule has 2 bridgehead atoms. The molecule has 1 aromatic carbocycles. The Morgan fingerprint density at radius 2 is 2.19 bits per heavy atom. The summed E-state index contributed by atoms with van der Waals surface area (Å²) in [6, 6.07) is 4.69. The molecule has 3 nitrogen and oxygen atoms in total. The van der Waals surface area contributed by atoms with E-state index in [1.165, 1.54) is 30.4 Å². The first-order valence-corrected chi connectivity index (χ1v) is 8.85. The van der Waals surface area contributed by atoms with Gasteiger partial charge in [-0.2, -0.15) is 0 Å². The maximum Gasteiger partial charge on any atom is 0.0907 e. The summed E-state index contributed by atoms with van der Waals surface area (Å²) >= 11 is 1.71. The molecule has 3 N–H and O–H groups in total. The number of rotatable bonds is 3. The molecule has 2 aromatic rings. The van der Waals surface area contributed by atoms with Gasteiger partial charge in [0.1, 0.15) is 0 Å². The van der Waals surface area contributed by atoms with Gasteiger partial charge in [0.25, 0.3) is 0 Å². The number of fused-ring (bicyclic) bond motifs is 3. The van der Waals surface area contributed by atoms with Crippen molar-refractivity contribution in [3.05, 3.63) is 17.1 Å². The Bertz CT molecular complexity index is 678. The molecule has 4 unspecified atom stereocenters. The fraction of sp³-hybridized carbons (Fsp3) is 0.588. The normalized spacial score (nSPS) is 29.1. The number of nitrogens with one attached hydrogen (secondary N) is 1. The minimum absolute atomic E-state index is 0.500. The lowest BCUT2D eigenvalue weighted by Crippen LogP contribution is -2.30. The molecule has 0 aliphatic heterocycles. The number of nitrogens with zero attached hydrogens (tertiary/aromatic N) is 1. The molecule has 2 fully saturated rings. The number of hydrogen-bond acceptors (Lipinski definition) is 4. The highest BCUT2D eigenvalue weighted by atomic mass is 32.1. The van der Waals surface area contributed by atoms with Crippen LogP contribution in [-0.2, 0) is 0 Å². The van der Waals surface area contributed by atoms with Crippen molar-refractivity contribution in [3.63, 3.8) is 0 Å². The summed E-state index contributed by atoms with van der Waals surface area (Å²) < 4.78 is 1.18. The maximum atomic E-state index is 6.24. The monoisotopic (exact) mass is 301 g/mol. The molecular weight excluding hydrogens is 278 g/mol. The van der Waals surface area contributed by atoms with Crippen LogP contribution in [0.5, 0.6) is 0 Å². The number of benzene rings is 1. The van der Waals surface area contributed by atoms with Crippen molar-refractivity contribution in [1.82, 2.24) is 4.98 Å². The molecular formula is C17H23N3S. The van der Waals surface area contributed by atoms with Crippen LogP contribution >= 0.6 is 11.3 Å². The quantitative estimate of drug-likeness (QED) is 0.825. The topological polar surface area (TPSA) is 50.9 Å². The lowest BCUT2D eigenvalue weighted by Gasteiger charge is -2.29. The van der Waals surface area contributed by atoms with Crippen molar-refractivity contribution in [2.75, 3.05) is 11.1 Å². The predicted octanol–water partition coefficient (Wildman–Crippen LogP) is 4.42. The smallest absolute Gasteiger partial charge is 0.0907 e. The van der Waals surface area contributed by atoms with E-state index in [9.17, 15) is 0 Å². The zero-order valence-electron chi connectivity index (χ0n) is 12.7. The van der Waals surface area contributed by atoms with E-state index in [1.54, 1.807) is 11.3 Å². The number of nitrogens with two attached hydrogens (primary N) is 1. The third kappa shape index (κ3) is 2.30.